The number of aromatic nitrogens is 2. The van der Waals surface area contributed by atoms with Crippen molar-refractivity contribution in [3.63, 3.8) is 0 Å². The van der Waals surface area contributed by atoms with E-state index >= 15 is 0 Å². The van der Waals surface area contributed by atoms with Crippen LogP contribution < -0.4 is 11.2 Å². The maximum Gasteiger partial charge on any atom is 0.333 e. The lowest BCUT2D eigenvalue weighted by Gasteiger charge is -2.20. The van der Waals surface area contributed by atoms with Crippen molar-refractivity contribution in [2.24, 2.45) is 11.8 Å². The summed E-state index contributed by atoms with van der Waals surface area (Å²) in [4.78, 5) is 25.0. The maximum atomic E-state index is 14.3. The van der Waals surface area contributed by atoms with Crippen LogP contribution in [0.1, 0.15) is 79.1 Å². The molecule has 6 heteroatoms. The van der Waals surface area contributed by atoms with Gasteiger partial charge in [0.15, 0.2) is 0 Å². The van der Waals surface area contributed by atoms with Gasteiger partial charge in [-0.2, -0.15) is 4.39 Å². The van der Waals surface area contributed by atoms with Gasteiger partial charge in [0.2, 0.25) is 11.7 Å². The quantitative estimate of drug-likeness (QED) is 0.597. The molecule has 0 radical (unpaired) electrons. The molecule has 0 saturated heterocycles. The van der Waals surface area contributed by atoms with Crippen molar-refractivity contribution in [3.8, 4) is 5.88 Å². The van der Waals surface area contributed by atoms with Gasteiger partial charge in [0.25, 0.3) is 5.56 Å². The number of rotatable bonds is 12. The molecule has 0 saturated carbocycles. The first-order valence-electron chi connectivity index (χ1n) is 10.1. The van der Waals surface area contributed by atoms with Crippen molar-refractivity contribution in [1.29, 1.82) is 0 Å². The van der Waals surface area contributed by atoms with Gasteiger partial charge in [-0.25, -0.2) is 4.79 Å². The van der Waals surface area contributed by atoms with Crippen molar-refractivity contribution in [1.82, 2.24) is 9.13 Å². The molecule has 2 unspecified atom stereocenters. The average Bonchev–Trinajstić information content (AvgIpc) is 2.65. The van der Waals surface area contributed by atoms with Gasteiger partial charge in [0.05, 0.1) is 0 Å². The zero-order valence-electron chi connectivity index (χ0n) is 16.8. The van der Waals surface area contributed by atoms with E-state index in [0.717, 1.165) is 60.5 Å². The Balaban J connectivity index is 3.22. The summed E-state index contributed by atoms with van der Waals surface area (Å²) in [5, 5.41) is 10.1. The summed E-state index contributed by atoms with van der Waals surface area (Å²) in [7, 11) is 0. The van der Waals surface area contributed by atoms with Gasteiger partial charge in [-0.3, -0.25) is 13.9 Å². The lowest BCUT2D eigenvalue weighted by atomic mass is 9.99. The highest BCUT2D eigenvalue weighted by atomic mass is 19.1. The number of halogens is 1. The fraction of sp³-hybridized carbons (Fsp3) is 0.800. The summed E-state index contributed by atoms with van der Waals surface area (Å²) in [6, 6.07) is 0. The van der Waals surface area contributed by atoms with E-state index in [4.69, 9.17) is 0 Å². The number of aromatic hydroxyl groups is 1. The van der Waals surface area contributed by atoms with Crippen LogP contribution in [0.5, 0.6) is 5.88 Å². The minimum atomic E-state index is -1.22. The highest BCUT2D eigenvalue weighted by molar-refractivity contribution is 5.11. The molecule has 0 aromatic carbocycles. The third kappa shape index (κ3) is 5.71. The van der Waals surface area contributed by atoms with Crippen molar-refractivity contribution >= 4 is 0 Å². The summed E-state index contributed by atoms with van der Waals surface area (Å²) in [6.07, 6.45) is 7.57. The molecule has 0 spiro atoms. The van der Waals surface area contributed by atoms with Crippen LogP contribution in [-0.2, 0) is 13.1 Å². The van der Waals surface area contributed by atoms with Crippen LogP contribution in [-0.4, -0.2) is 14.2 Å². The zero-order chi connectivity index (χ0) is 19.7. The Labute approximate surface area is 155 Å². The Morgan fingerprint density at radius 3 is 1.77 bits per heavy atom. The van der Waals surface area contributed by atoms with E-state index in [-0.39, 0.29) is 24.9 Å². The van der Waals surface area contributed by atoms with E-state index in [0.29, 0.717) is 0 Å². The fourth-order valence-corrected chi connectivity index (χ4v) is 3.33. The number of nitrogens with zero attached hydrogens (tertiary/aromatic N) is 2. The molecule has 0 bridgehead atoms. The largest absolute Gasteiger partial charge is 0.492 e. The molecule has 0 aliphatic carbocycles. The molecule has 150 valence electrons. The Morgan fingerprint density at radius 2 is 1.35 bits per heavy atom. The number of unbranched alkanes of at least 4 members (excludes halogenated alkanes) is 2. The Morgan fingerprint density at radius 1 is 0.885 bits per heavy atom. The molecular weight excluding hydrogens is 335 g/mol. The highest BCUT2D eigenvalue weighted by Gasteiger charge is 2.22. The van der Waals surface area contributed by atoms with E-state index < -0.39 is 22.9 Å². The van der Waals surface area contributed by atoms with Gasteiger partial charge >= 0.3 is 5.69 Å². The lowest BCUT2D eigenvalue weighted by molar-refractivity contribution is 0.293. The topological polar surface area (TPSA) is 64.2 Å². The number of hydrogen-bond donors (Lipinski definition) is 1. The highest BCUT2D eigenvalue weighted by Crippen LogP contribution is 2.19. The van der Waals surface area contributed by atoms with Crippen LogP contribution in [0.2, 0.25) is 0 Å². The van der Waals surface area contributed by atoms with Gasteiger partial charge in [0, 0.05) is 13.1 Å². The Hall–Kier alpha value is -1.59. The molecule has 1 heterocycles. The maximum absolute atomic E-state index is 14.3. The molecule has 0 amide bonds. The van der Waals surface area contributed by atoms with E-state index in [1.54, 1.807) is 0 Å². The van der Waals surface area contributed by atoms with Crippen molar-refractivity contribution in [2.45, 2.75) is 92.2 Å². The first-order chi connectivity index (χ1) is 12.4. The van der Waals surface area contributed by atoms with Gasteiger partial charge in [-0.1, -0.05) is 66.2 Å². The minimum Gasteiger partial charge on any atom is -0.492 e. The Kier molecular flexibility index (Phi) is 9.66. The SMILES string of the molecule is CCCCC(CC)Cn1c(O)c(F)c(=O)n(CC(CC)CCCC)c1=O. The molecular formula is C20H35FN2O3. The molecule has 2 atom stereocenters. The van der Waals surface area contributed by atoms with Crippen LogP contribution in [0.15, 0.2) is 9.59 Å². The predicted octanol–water partition coefficient (Wildman–Crippen LogP) is 4.29. The smallest absolute Gasteiger partial charge is 0.333 e. The average molecular weight is 371 g/mol. The van der Waals surface area contributed by atoms with Crippen LogP contribution in [0.4, 0.5) is 4.39 Å². The lowest BCUT2D eigenvalue weighted by Crippen LogP contribution is -2.43. The Bertz CT molecular complexity index is 666. The molecule has 1 N–H and O–H groups in total. The molecule has 0 fully saturated rings. The van der Waals surface area contributed by atoms with E-state index in [2.05, 4.69) is 13.8 Å². The van der Waals surface area contributed by atoms with Gasteiger partial charge < -0.3 is 5.11 Å². The molecule has 0 aliphatic rings. The van der Waals surface area contributed by atoms with Crippen LogP contribution in [0.25, 0.3) is 0 Å². The van der Waals surface area contributed by atoms with Crippen molar-refractivity contribution < 1.29 is 9.50 Å². The number of hydrogen-bond acceptors (Lipinski definition) is 3. The first-order valence-corrected chi connectivity index (χ1v) is 10.1. The van der Waals surface area contributed by atoms with E-state index in [1.807, 2.05) is 13.8 Å². The molecule has 1 aromatic heterocycles. The third-order valence-electron chi connectivity index (χ3n) is 5.31. The van der Waals surface area contributed by atoms with E-state index in [1.165, 1.54) is 0 Å². The minimum absolute atomic E-state index is 0.153. The molecule has 5 nitrogen and oxygen atoms in total. The second-order valence-electron chi connectivity index (χ2n) is 7.28. The van der Waals surface area contributed by atoms with Crippen LogP contribution in [0.3, 0.4) is 0 Å². The molecule has 1 aromatic rings. The van der Waals surface area contributed by atoms with Crippen molar-refractivity contribution in [3.05, 3.63) is 26.7 Å². The van der Waals surface area contributed by atoms with Gasteiger partial charge in [-0.05, 0) is 24.7 Å². The predicted molar refractivity (Wildman–Crippen MR) is 103 cm³/mol. The second kappa shape index (κ2) is 11.2. The van der Waals surface area contributed by atoms with Gasteiger partial charge in [0.1, 0.15) is 0 Å². The van der Waals surface area contributed by atoms with Crippen LogP contribution >= 0.6 is 0 Å². The summed E-state index contributed by atoms with van der Waals surface area (Å²) in [6.45, 7) is 8.66. The van der Waals surface area contributed by atoms with E-state index in [9.17, 15) is 19.1 Å². The monoisotopic (exact) mass is 370 g/mol. The summed E-state index contributed by atoms with van der Waals surface area (Å²) in [5.74, 6) is -1.72. The standard InChI is InChI=1S/C20H35FN2O3/c1-5-9-11-15(7-3)13-22-18(24)17(21)19(25)23(20(22)26)14-16(8-4)12-10-6-2/h15-16,24H,5-14H2,1-4H3. The summed E-state index contributed by atoms with van der Waals surface area (Å²) >= 11 is 0. The zero-order valence-corrected chi connectivity index (χ0v) is 16.8. The summed E-state index contributed by atoms with van der Waals surface area (Å²) < 4.78 is 16.3. The molecule has 1 rings (SSSR count). The third-order valence-corrected chi connectivity index (χ3v) is 5.31. The summed E-state index contributed by atoms with van der Waals surface area (Å²) in [5.41, 5.74) is -1.61. The van der Waals surface area contributed by atoms with Gasteiger partial charge in [-0.15, -0.1) is 0 Å². The first kappa shape index (κ1) is 22.5. The fourth-order valence-electron chi connectivity index (χ4n) is 3.33. The molecule has 0 aliphatic heterocycles. The normalized spacial score (nSPS) is 13.7. The second-order valence-corrected chi connectivity index (χ2v) is 7.28. The van der Waals surface area contributed by atoms with Crippen LogP contribution in [0, 0.1) is 17.7 Å². The molecule has 26 heavy (non-hydrogen) atoms. The van der Waals surface area contributed by atoms with Crippen molar-refractivity contribution in [2.75, 3.05) is 0 Å².